The second-order valence-electron chi connectivity index (χ2n) is 7.19. The quantitative estimate of drug-likeness (QED) is 0.796. The molecule has 120 valence electrons. The molecule has 1 fully saturated rings. The first kappa shape index (κ1) is 14.2. The molecule has 0 radical (unpaired) electrons. The number of nitrogens with zero attached hydrogens (tertiary/aromatic N) is 4. The van der Waals surface area contributed by atoms with Crippen molar-refractivity contribution in [1.82, 2.24) is 20.0 Å². The average molecular weight is 311 g/mol. The molecule has 1 N–H and O–H groups in total. The third-order valence-electron chi connectivity index (χ3n) is 4.03. The highest BCUT2D eigenvalue weighted by atomic mass is 16.3. The number of rotatable bonds is 4. The first-order valence-corrected chi connectivity index (χ1v) is 8.05. The molecule has 1 aliphatic rings. The molecule has 3 aromatic rings. The van der Waals surface area contributed by atoms with Crippen LogP contribution in [0, 0.1) is 0 Å². The summed E-state index contributed by atoms with van der Waals surface area (Å²) in [5, 5.41) is 11.8. The molecule has 0 saturated heterocycles. The van der Waals surface area contributed by atoms with Crippen LogP contribution in [-0.2, 0) is 12.1 Å². The number of nitrogens with one attached hydrogen (secondary N) is 1. The van der Waals surface area contributed by atoms with Crippen LogP contribution in [0.5, 0.6) is 0 Å². The predicted molar refractivity (Wildman–Crippen MR) is 88.3 cm³/mol. The van der Waals surface area contributed by atoms with E-state index in [0.717, 1.165) is 28.4 Å². The summed E-state index contributed by atoms with van der Waals surface area (Å²) in [7, 11) is 0. The molecule has 6 nitrogen and oxygen atoms in total. The van der Waals surface area contributed by atoms with Crippen LogP contribution in [0.15, 0.2) is 28.8 Å². The number of fused-ring (bicyclic) bond motifs is 1. The molecular formula is C17H21N5O. The largest absolute Gasteiger partial charge is 0.440 e. The summed E-state index contributed by atoms with van der Waals surface area (Å²) in [6.45, 7) is 6.95. The molecule has 0 bridgehead atoms. The smallest absolute Gasteiger partial charge is 0.198 e. The van der Waals surface area contributed by atoms with Crippen molar-refractivity contribution in [2.24, 2.45) is 0 Å². The van der Waals surface area contributed by atoms with E-state index in [2.05, 4.69) is 41.4 Å². The van der Waals surface area contributed by atoms with Crippen molar-refractivity contribution >= 4 is 16.8 Å². The molecule has 23 heavy (non-hydrogen) atoms. The Morgan fingerprint density at radius 1 is 1.30 bits per heavy atom. The van der Waals surface area contributed by atoms with Crippen LogP contribution >= 0.6 is 0 Å². The first-order valence-electron chi connectivity index (χ1n) is 8.05. The molecule has 1 saturated carbocycles. The van der Waals surface area contributed by atoms with Gasteiger partial charge in [0, 0.05) is 17.7 Å². The lowest BCUT2D eigenvalue weighted by Crippen LogP contribution is -2.22. The van der Waals surface area contributed by atoms with Gasteiger partial charge in [0.1, 0.15) is 11.2 Å². The minimum atomic E-state index is -0.0524. The first-order chi connectivity index (χ1) is 11.0. The zero-order chi connectivity index (χ0) is 16.0. The number of aromatic nitrogens is 4. The van der Waals surface area contributed by atoms with E-state index in [1.807, 2.05) is 29.1 Å². The van der Waals surface area contributed by atoms with Crippen LogP contribution in [0.2, 0.25) is 0 Å². The van der Waals surface area contributed by atoms with Gasteiger partial charge in [0.15, 0.2) is 11.5 Å². The zero-order valence-electron chi connectivity index (χ0n) is 13.7. The van der Waals surface area contributed by atoms with Gasteiger partial charge in [0.05, 0.1) is 18.3 Å². The molecule has 2 heterocycles. The van der Waals surface area contributed by atoms with Gasteiger partial charge >= 0.3 is 0 Å². The third kappa shape index (κ3) is 2.93. The van der Waals surface area contributed by atoms with E-state index >= 15 is 0 Å². The normalized spacial score (nSPS) is 15.3. The Kier molecular flexibility index (Phi) is 3.14. The Balaban J connectivity index is 1.48. The van der Waals surface area contributed by atoms with Crippen molar-refractivity contribution in [2.45, 2.75) is 51.6 Å². The molecular weight excluding hydrogens is 290 g/mol. The topological polar surface area (TPSA) is 68.8 Å². The molecule has 4 rings (SSSR count). The Bertz CT molecular complexity index is 838. The Morgan fingerprint density at radius 3 is 2.83 bits per heavy atom. The Hall–Kier alpha value is -2.37. The number of hydrogen-bond donors (Lipinski definition) is 1. The van der Waals surface area contributed by atoms with E-state index in [-0.39, 0.29) is 5.54 Å². The summed E-state index contributed by atoms with van der Waals surface area (Å²) in [6.07, 6.45) is 4.37. The highest BCUT2D eigenvalue weighted by molar-refractivity contribution is 5.77. The van der Waals surface area contributed by atoms with E-state index in [1.165, 1.54) is 12.8 Å². The second kappa shape index (κ2) is 5.08. The number of benzene rings is 1. The van der Waals surface area contributed by atoms with Gasteiger partial charge in [-0.1, -0.05) is 5.21 Å². The fourth-order valence-corrected chi connectivity index (χ4v) is 2.46. The van der Waals surface area contributed by atoms with Crippen LogP contribution in [0.1, 0.15) is 51.1 Å². The molecule has 1 aromatic carbocycles. The number of oxazole rings is 1. The van der Waals surface area contributed by atoms with Crippen molar-refractivity contribution in [1.29, 1.82) is 0 Å². The maximum absolute atomic E-state index is 5.85. The fourth-order valence-electron chi connectivity index (χ4n) is 2.46. The SMILES string of the molecule is CC(C)(C)n1cc(CNc2ccc3nc(C4CC4)oc3c2)nn1. The van der Waals surface area contributed by atoms with Gasteiger partial charge in [-0.3, -0.25) is 0 Å². The molecule has 0 spiro atoms. The van der Waals surface area contributed by atoms with E-state index < -0.39 is 0 Å². The van der Waals surface area contributed by atoms with E-state index in [9.17, 15) is 0 Å². The molecule has 0 unspecified atom stereocenters. The van der Waals surface area contributed by atoms with Crippen LogP contribution in [-0.4, -0.2) is 20.0 Å². The lowest BCUT2D eigenvalue weighted by Gasteiger charge is -2.17. The van der Waals surface area contributed by atoms with Gasteiger partial charge in [0.2, 0.25) is 0 Å². The molecule has 2 aromatic heterocycles. The lowest BCUT2D eigenvalue weighted by molar-refractivity contribution is 0.347. The van der Waals surface area contributed by atoms with Gasteiger partial charge in [-0.05, 0) is 45.7 Å². The van der Waals surface area contributed by atoms with Gasteiger partial charge in [-0.25, -0.2) is 9.67 Å². The summed E-state index contributed by atoms with van der Waals surface area (Å²) >= 11 is 0. The van der Waals surface area contributed by atoms with Gasteiger partial charge in [-0.15, -0.1) is 5.10 Å². The van der Waals surface area contributed by atoms with Crippen molar-refractivity contribution in [3.8, 4) is 0 Å². The van der Waals surface area contributed by atoms with Gasteiger partial charge in [-0.2, -0.15) is 0 Å². The zero-order valence-corrected chi connectivity index (χ0v) is 13.7. The van der Waals surface area contributed by atoms with Crippen molar-refractivity contribution in [3.05, 3.63) is 36.0 Å². The summed E-state index contributed by atoms with van der Waals surface area (Å²) in [5.74, 6) is 1.41. The predicted octanol–water partition coefficient (Wildman–Crippen LogP) is 3.66. The number of hydrogen-bond acceptors (Lipinski definition) is 5. The van der Waals surface area contributed by atoms with Crippen molar-refractivity contribution < 1.29 is 4.42 Å². The maximum Gasteiger partial charge on any atom is 0.198 e. The maximum atomic E-state index is 5.85. The van der Waals surface area contributed by atoms with Crippen LogP contribution in [0.25, 0.3) is 11.1 Å². The van der Waals surface area contributed by atoms with E-state index in [0.29, 0.717) is 12.5 Å². The van der Waals surface area contributed by atoms with Crippen molar-refractivity contribution in [2.75, 3.05) is 5.32 Å². The van der Waals surface area contributed by atoms with Crippen LogP contribution in [0.3, 0.4) is 0 Å². The monoisotopic (exact) mass is 311 g/mol. The summed E-state index contributed by atoms with van der Waals surface area (Å²) in [4.78, 5) is 4.54. The second-order valence-corrected chi connectivity index (χ2v) is 7.19. The van der Waals surface area contributed by atoms with E-state index in [1.54, 1.807) is 0 Å². The standard InChI is InChI=1S/C17H21N5O/c1-17(2,3)22-10-13(20-21-22)9-18-12-6-7-14-15(8-12)23-16(19-14)11-4-5-11/h6-8,10-11,18H,4-5,9H2,1-3H3. The molecule has 6 heteroatoms. The Morgan fingerprint density at radius 2 is 2.13 bits per heavy atom. The molecule has 1 aliphatic carbocycles. The molecule has 0 amide bonds. The van der Waals surface area contributed by atoms with E-state index in [4.69, 9.17) is 4.42 Å². The summed E-state index contributed by atoms with van der Waals surface area (Å²) < 4.78 is 7.73. The third-order valence-corrected chi connectivity index (χ3v) is 4.03. The number of anilines is 1. The van der Waals surface area contributed by atoms with Crippen molar-refractivity contribution in [3.63, 3.8) is 0 Å². The van der Waals surface area contributed by atoms with Gasteiger partial charge in [0.25, 0.3) is 0 Å². The summed E-state index contributed by atoms with van der Waals surface area (Å²) in [5.41, 5.74) is 3.63. The minimum Gasteiger partial charge on any atom is -0.440 e. The van der Waals surface area contributed by atoms with Crippen LogP contribution in [0.4, 0.5) is 5.69 Å². The summed E-state index contributed by atoms with van der Waals surface area (Å²) in [6, 6.07) is 6.02. The molecule has 0 aliphatic heterocycles. The lowest BCUT2D eigenvalue weighted by atomic mass is 10.1. The molecule has 0 atom stereocenters. The average Bonchev–Trinajstić information content (AvgIpc) is 3.08. The van der Waals surface area contributed by atoms with Crippen LogP contribution < -0.4 is 5.32 Å². The highest BCUT2D eigenvalue weighted by Gasteiger charge is 2.28. The fraction of sp³-hybridized carbons (Fsp3) is 0.471. The minimum absolute atomic E-state index is 0.0524. The Labute approximate surface area is 134 Å². The highest BCUT2D eigenvalue weighted by Crippen LogP contribution is 2.40. The van der Waals surface area contributed by atoms with Gasteiger partial charge < -0.3 is 9.73 Å².